The van der Waals surface area contributed by atoms with Crippen LogP contribution in [0.25, 0.3) is 0 Å². The standard InChI is InChI=1S/C18H25N3O2/c1-13-2-4-14(5-3-13)10-20-17(22)15-6-8-21(9-7-15)18(23)16-11-19-12-16/h2-5,15-16,19H,6-12H2,1H3,(H,20,22). The zero-order valence-electron chi connectivity index (χ0n) is 13.7. The van der Waals surface area contributed by atoms with Gasteiger partial charge >= 0.3 is 0 Å². The molecule has 0 saturated carbocycles. The van der Waals surface area contributed by atoms with Crippen molar-refractivity contribution >= 4 is 11.8 Å². The minimum absolute atomic E-state index is 0.0315. The van der Waals surface area contributed by atoms with Crippen LogP contribution in [0.15, 0.2) is 24.3 Å². The lowest BCUT2D eigenvalue weighted by Crippen LogP contribution is -2.54. The predicted octanol–water partition coefficient (Wildman–Crippen LogP) is 1.07. The van der Waals surface area contributed by atoms with Crippen LogP contribution in [0.2, 0.25) is 0 Å². The normalized spacial score (nSPS) is 19.3. The summed E-state index contributed by atoms with van der Waals surface area (Å²) in [5.41, 5.74) is 2.34. The number of benzene rings is 1. The Morgan fingerprint density at radius 3 is 2.35 bits per heavy atom. The van der Waals surface area contributed by atoms with Crippen molar-refractivity contribution in [2.45, 2.75) is 26.3 Å². The Kier molecular flexibility index (Phi) is 4.96. The predicted molar refractivity (Wildman–Crippen MR) is 88.7 cm³/mol. The molecule has 1 aromatic carbocycles. The maximum absolute atomic E-state index is 12.3. The fourth-order valence-electron chi connectivity index (χ4n) is 3.12. The number of hydrogen-bond acceptors (Lipinski definition) is 3. The Labute approximate surface area is 137 Å². The fourth-order valence-corrected chi connectivity index (χ4v) is 3.12. The third-order valence-corrected chi connectivity index (χ3v) is 4.90. The van der Waals surface area contributed by atoms with Crippen LogP contribution in [-0.2, 0) is 16.1 Å². The fraction of sp³-hybridized carbons (Fsp3) is 0.556. The molecule has 2 aliphatic rings. The van der Waals surface area contributed by atoms with Gasteiger partial charge in [-0.15, -0.1) is 0 Å². The molecule has 5 nitrogen and oxygen atoms in total. The van der Waals surface area contributed by atoms with Gasteiger partial charge in [0, 0.05) is 38.6 Å². The Morgan fingerprint density at radius 2 is 1.78 bits per heavy atom. The molecule has 0 atom stereocenters. The number of carbonyl (C=O) groups is 2. The third-order valence-electron chi connectivity index (χ3n) is 4.90. The minimum atomic E-state index is 0.0315. The van der Waals surface area contributed by atoms with Crippen LogP contribution in [0.1, 0.15) is 24.0 Å². The van der Waals surface area contributed by atoms with Gasteiger partial charge in [0.25, 0.3) is 0 Å². The molecular formula is C18H25N3O2. The largest absolute Gasteiger partial charge is 0.352 e. The summed E-state index contributed by atoms with van der Waals surface area (Å²) in [5.74, 6) is 0.552. The summed E-state index contributed by atoms with van der Waals surface area (Å²) in [6.45, 7) is 5.64. The van der Waals surface area contributed by atoms with Crippen LogP contribution in [0.4, 0.5) is 0 Å². The van der Waals surface area contributed by atoms with Crippen LogP contribution >= 0.6 is 0 Å². The summed E-state index contributed by atoms with van der Waals surface area (Å²) >= 11 is 0. The summed E-state index contributed by atoms with van der Waals surface area (Å²) in [6, 6.07) is 8.20. The van der Waals surface area contributed by atoms with Crippen molar-refractivity contribution < 1.29 is 9.59 Å². The Hall–Kier alpha value is -1.88. The maximum atomic E-state index is 12.3. The SMILES string of the molecule is Cc1ccc(CNC(=O)C2CCN(C(=O)C3CNC3)CC2)cc1. The van der Waals surface area contributed by atoms with Crippen LogP contribution in [0.5, 0.6) is 0 Å². The summed E-state index contributed by atoms with van der Waals surface area (Å²) in [6.07, 6.45) is 1.54. The van der Waals surface area contributed by atoms with Gasteiger partial charge in [-0.3, -0.25) is 9.59 Å². The molecule has 2 N–H and O–H groups in total. The highest BCUT2D eigenvalue weighted by atomic mass is 16.2. The molecule has 5 heteroatoms. The van der Waals surface area contributed by atoms with Gasteiger partial charge in [-0.05, 0) is 25.3 Å². The van der Waals surface area contributed by atoms with Crippen LogP contribution in [0, 0.1) is 18.8 Å². The zero-order chi connectivity index (χ0) is 16.2. The van der Waals surface area contributed by atoms with Gasteiger partial charge in [0.1, 0.15) is 0 Å². The average Bonchev–Trinajstić information content (AvgIpc) is 2.52. The molecule has 0 unspecified atom stereocenters. The highest BCUT2D eigenvalue weighted by molar-refractivity contribution is 5.81. The van der Waals surface area contributed by atoms with E-state index in [9.17, 15) is 9.59 Å². The second kappa shape index (κ2) is 7.13. The first-order valence-electron chi connectivity index (χ1n) is 8.46. The molecule has 2 aliphatic heterocycles. The molecule has 0 radical (unpaired) electrons. The van der Waals surface area contributed by atoms with Gasteiger partial charge in [-0.2, -0.15) is 0 Å². The van der Waals surface area contributed by atoms with Crippen molar-refractivity contribution in [2.24, 2.45) is 11.8 Å². The van der Waals surface area contributed by atoms with Crippen molar-refractivity contribution in [3.8, 4) is 0 Å². The topological polar surface area (TPSA) is 61.4 Å². The Bertz CT molecular complexity index is 558. The van der Waals surface area contributed by atoms with Crippen molar-refractivity contribution in [1.82, 2.24) is 15.5 Å². The van der Waals surface area contributed by atoms with Crippen molar-refractivity contribution in [3.05, 3.63) is 35.4 Å². The number of piperidine rings is 1. The number of carbonyl (C=O) groups excluding carboxylic acids is 2. The van der Waals surface area contributed by atoms with Gasteiger partial charge in [0.2, 0.25) is 11.8 Å². The molecule has 3 rings (SSSR count). The highest BCUT2D eigenvalue weighted by Crippen LogP contribution is 2.20. The molecule has 0 aromatic heterocycles. The molecule has 2 heterocycles. The van der Waals surface area contributed by atoms with E-state index in [0.29, 0.717) is 19.6 Å². The lowest BCUT2D eigenvalue weighted by Gasteiger charge is -2.36. The maximum Gasteiger partial charge on any atom is 0.228 e. The zero-order valence-corrected chi connectivity index (χ0v) is 13.7. The smallest absolute Gasteiger partial charge is 0.228 e. The van der Waals surface area contributed by atoms with E-state index in [2.05, 4.69) is 29.7 Å². The number of nitrogens with zero attached hydrogens (tertiary/aromatic N) is 1. The van der Waals surface area contributed by atoms with E-state index in [0.717, 1.165) is 31.5 Å². The number of aryl methyl sites for hydroxylation is 1. The highest BCUT2D eigenvalue weighted by Gasteiger charge is 2.33. The molecule has 2 saturated heterocycles. The second-order valence-electron chi connectivity index (χ2n) is 6.66. The van der Waals surface area contributed by atoms with E-state index in [1.165, 1.54) is 5.56 Å². The van der Waals surface area contributed by atoms with Crippen molar-refractivity contribution in [1.29, 1.82) is 0 Å². The number of likely N-dealkylation sites (tertiary alicyclic amines) is 1. The summed E-state index contributed by atoms with van der Waals surface area (Å²) in [7, 11) is 0. The summed E-state index contributed by atoms with van der Waals surface area (Å²) in [5, 5.41) is 6.16. The Morgan fingerprint density at radius 1 is 1.13 bits per heavy atom. The number of hydrogen-bond donors (Lipinski definition) is 2. The van der Waals surface area contributed by atoms with E-state index >= 15 is 0 Å². The number of nitrogens with one attached hydrogen (secondary N) is 2. The van der Waals surface area contributed by atoms with E-state index in [4.69, 9.17) is 0 Å². The lowest BCUT2D eigenvalue weighted by molar-refractivity contribution is -0.140. The first-order valence-corrected chi connectivity index (χ1v) is 8.46. The van der Waals surface area contributed by atoms with Gasteiger partial charge in [0.15, 0.2) is 0 Å². The van der Waals surface area contributed by atoms with Gasteiger partial charge in [0.05, 0.1) is 5.92 Å². The average molecular weight is 315 g/mol. The third kappa shape index (κ3) is 3.91. The van der Waals surface area contributed by atoms with Gasteiger partial charge in [-0.1, -0.05) is 29.8 Å². The molecule has 0 spiro atoms. The first kappa shape index (κ1) is 16.0. The minimum Gasteiger partial charge on any atom is -0.352 e. The Balaban J connectivity index is 1.42. The lowest BCUT2D eigenvalue weighted by atomic mass is 9.93. The molecule has 0 bridgehead atoms. The quantitative estimate of drug-likeness (QED) is 0.874. The molecule has 0 aliphatic carbocycles. The van der Waals surface area contributed by atoms with E-state index in [1.54, 1.807) is 0 Å². The monoisotopic (exact) mass is 315 g/mol. The number of amides is 2. The van der Waals surface area contributed by atoms with Gasteiger partial charge in [-0.25, -0.2) is 0 Å². The first-order chi connectivity index (χ1) is 11.1. The number of rotatable bonds is 4. The molecule has 124 valence electrons. The molecule has 2 amide bonds. The van der Waals surface area contributed by atoms with Crippen LogP contribution < -0.4 is 10.6 Å². The second-order valence-corrected chi connectivity index (χ2v) is 6.66. The van der Waals surface area contributed by atoms with Gasteiger partial charge < -0.3 is 15.5 Å². The van der Waals surface area contributed by atoms with E-state index in [1.807, 2.05) is 17.0 Å². The molecule has 1 aromatic rings. The molecule has 23 heavy (non-hydrogen) atoms. The van der Waals surface area contributed by atoms with Crippen molar-refractivity contribution in [2.75, 3.05) is 26.2 Å². The van der Waals surface area contributed by atoms with Crippen molar-refractivity contribution in [3.63, 3.8) is 0 Å². The van der Waals surface area contributed by atoms with Crippen LogP contribution in [-0.4, -0.2) is 42.9 Å². The molecule has 2 fully saturated rings. The molecular weight excluding hydrogens is 290 g/mol. The van der Waals surface area contributed by atoms with Crippen LogP contribution in [0.3, 0.4) is 0 Å². The summed E-state index contributed by atoms with van der Waals surface area (Å²) < 4.78 is 0. The summed E-state index contributed by atoms with van der Waals surface area (Å²) in [4.78, 5) is 26.4. The van der Waals surface area contributed by atoms with E-state index < -0.39 is 0 Å². The van der Waals surface area contributed by atoms with E-state index in [-0.39, 0.29) is 23.7 Å².